The molecular weight excluding hydrogens is 472 g/mol. The van der Waals surface area contributed by atoms with Crippen LogP contribution in [0.15, 0.2) is 30.5 Å². The molecule has 9 heteroatoms. The number of carbonyl (C=O) groups is 1. The molecule has 0 aliphatic carbocycles. The fraction of sp³-hybridized carbons (Fsp3) is 0.500. The number of carbonyl (C=O) groups excluding carboxylic acids is 1. The number of likely N-dealkylation sites (N-methyl/N-ethyl adjacent to an activating group) is 1. The number of aromatic nitrogens is 1. The fourth-order valence-electron chi connectivity index (χ4n) is 4.41. The van der Waals surface area contributed by atoms with Gasteiger partial charge in [0, 0.05) is 37.3 Å². The average molecular weight is 509 g/mol. The van der Waals surface area contributed by atoms with Crippen LogP contribution in [0.1, 0.15) is 35.3 Å². The molecule has 3 heterocycles. The Balaban J connectivity index is 1.57. The Bertz CT molecular complexity index is 1170. The molecule has 2 aliphatic rings. The van der Waals surface area contributed by atoms with Crippen molar-refractivity contribution in [1.82, 2.24) is 19.7 Å². The van der Waals surface area contributed by atoms with Crippen LogP contribution in [0, 0.1) is 17.8 Å². The molecular formula is C28H36N4O5. The van der Waals surface area contributed by atoms with Gasteiger partial charge in [-0.3, -0.25) is 14.6 Å². The fourth-order valence-corrected chi connectivity index (χ4v) is 4.41. The average Bonchev–Trinajstić information content (AvgIpc) is 3.33. The van der Waals surface area contributed by atoms with E-state index in [1.807, 2.05) is 51.2 Å². The third kappa shape index (κ3) is 6.52. The molecule has 2 aromatic rings. The SMILES string of the molecule is C[C@H]1CN([C@@H](C)CO)C(=O)c2cc(C#CCN(C)C)cnc2O[C@@H]1CN(C)Cc1ccc2c(c1)OCO2. The van der Waals surface area contributed by atoms with E-state index < -0.39 is 0 Å². The molecule has 0 unspecified atom stereocenters. The Morgan fingerprint density at radius 1 is 1.22 bits per heavy atom. The van der Waals surface area contributed by atoms with Crippen molar-refractivity contribution in [1.29, 1.82) is 0 Å². The lowest BCUT2D eigenvalue weighted by atomic mass is 9.99. The van der Waals surface area contributed by atoms with Crippen LogP contribution in [-0.4, -0.2) is 97.0 Å². The number of amides is 1. The van der Waals surface area contributed by atoms with Crippen LogP contribution < -0.4 is 14.2 Å². The van der Waals surface area contributed by atoms with Gasteiger partial charge in [-0.15, -0.1) is 0 Å². The molecule has 0 saturated carbocycles. The molecule has 1 N–H and O–H groups in total. The Morgan fingerprint density at radius 2 is 2.00 bits per heavy atom. The maximum absolute atomic E-state index is 13.5. The highest BCUT2D eigenvalue weighted by molar-refractivity contribution is 5.97. The third-order valence-electron chi connectivity index (χ3n) is 6.53. The molecule has 0 radical (unpaired) electrons. The van der Waals surface area contributed by atoms with Crippen LogP contribution in [0.3, 0.4) is 0 Å². The van der Waals surface area contributed by atoms with Crippen molar-refractivity contribution in [3.05, 3.63) is 47.2 Å². The summed E-state index contributed by atoms with van der Waals surface area (Å²) in [6, 6.07) is 7.37. The summed E-state index contributed by atoms with van der Waals surface area (Å²) in [5.74, 6) is 7.78. The highest BCUT2D eigenvalue weighted by Gasteiger charge is 2.34. The Kier molecular flexibility index (Phi) is 8.54. The zero-order valence-corrected chi connectivity index (χ0v) is 22.2. The van der Waals surface area contributed by atoms with Gasteiger partial charge < -0.3 is 24.2 Å². The lowest BCUT2D eigenvalue weighted by molar-refractivity contribution is 0.0325. The molecule has 0 fully saturated rings. The monoisotopic (exact) mass is 508 g/mol. The zero-order chi connectivity index (χ0) is 26.5. The molecule has 0 bridgehead atoms. The van der Waals surface area contributed by atoms with Crippen molar-refractivity contribution in [2.24, 2.45) is 5.92 Å². The van der Waals surface area contributed by atoms with Crippen molar-refractivity contribution in [3.8, 4) is 29.2 Å². The van der Waals surface area contributed by atoms with Gasteiger partial charge in [-0.2, -0.15) is 0 Å². The van der Waals surface area contributed by atoms with Crippen LogP contribution in [0.5, 0.6) is 17.4 Å². The minimum atomic E-state index is -0.337. The van der Waals surface area contributed by atoms with Gasteiger partial charge in [0.05, 0.1) is 19.2 Å². The van der Waals surface area contributed by atoms with Gasteiger partial charge in [-0.1, -0.05) is 24.8 Å². The smallest absolute Gasteiger partial charge is 0.259 e. The number of aliphatic hydroxyl groups is 1. The van der Waals surface area contributed by atoms with E-state index in [0.717, 1.165) is 17.1 Å². The van der Waals surface area contributed by atoms with Gasteiger partial charge in [-0.25, -0.2) is 4.98 Å². The molecule has 0 saturated heterocycles. The van der Waals surface area contributed by atoms with E-state index >= 15 is 0 Å². The summed E-state index contributed by atoms with van der Waals surface area (Å²) in [5.41, 5.74) is 2.13. The lowest BCUT2D eigenvalue weighted by Crippen LogP contribution is -2.49. The first-order valence-electron chi connectivity index (χ1n) is 12.5. The second kappa shape index (κ2) is 11.8. The van der Waals surface area contributed by atoms with Crippen LogP contribution in [0.4, 0.5) is 0 Å². The highest BCUT2D eigenvalue weighted by atomic mass is 16.7. The number of pyridine rings is 1. The number of nitrogens with zero attached hydrogens (tertiary/aromatic N) is 4. The van der Waals surface area contributed by atoms with Gasteiger partial charge in [0.1, 0.15) is 11.7 Å². The number of rotatable bonds is 7. The van der Waals surface area contributed by atoms with Crippen LogP contribution in [0.25, 0.3) is 0 Å². The maximum Gasteiger partial charge on any atom is 0.259 e. The summed E-state index contributed by atoms with van der Waals surface area (Å²) in [4.78, 5) is 23.9. The predicted octanol–water partition coefficient (Wildman–Crippen LogP) is 2.08. The van der Waals surface area contributed by atoms with E-state index in [-0.39, 0.29) is 37.4 Å². The first-order chi connectivity index (χ1) is 17.7. The van der Waals surface area contributed by atoms with Crippen LogP contribution >= 0.6 is 0 Å². The molecule has 0 spiro atoms. The Labute approximate surface area is 218 Å². The number of hydrogen-bond donors (Lipinski definition) is 1. The largest absolute Gasteiger partial charge is 0.472 e. The molecule has 9 nitrogen and oxygen atoms in total. The Hall–Kier alpha value is -3.32. The van der Waals surface area contributed by atoms with Gasteiger partial charge in [-0.05, 0) is 51.8 Å². The van der Waals surface area contributed by atoms with E-state index in [2.05, 4.69) is 28.6 Å². The molecule has 198 valence electrons. The summed E-state index contributed by atoms with van der Waals surface area (Å²) >= 11 is 0. The van der Waals surface area contributed by atoms with Crippen molar-refractivity contribution >= 4 is 5.91 Å². The molecule has 4 rings (SSSR count). The quantitative estimate of drug-likeness (QED) is 0.569. The van der Waals surface area contributed by atoms with Crippen molar-refractivity contribution in [2.75, 3.05) is 54.2 Å². The molecule has 1 aromatic carbocycles. The van der Waals surface area contributed by atoms with Gasteiger partial charge in [0.2, 0.25) is 12.7 Å². The second-order valence-electron chi connectivity index (χ2n) is 10.1. The number of hydrogen-bond acceptors (Lipinski definition) is 8. The summed E-state index contributed by atoms with van der Waals surface area (Å²) < 4.78 is 17.3. The second-order valence-corrected chi connectivity index (χ2v) is 10.1. The van der Waals surface area contributed by atoms with Crippen molar-refractivity contribution in [3.63, 3.8) is 0 Å². The molecule has 37 heavy (non-hydrogen) atoms. The number of fused-ring (bicyclic) bond motifs is 2. The highest BCUT2D eigenvalue weighted by Crippen LogP contribution is 2.33. The minimum Gasteiger partial charge on any atom is -0.472 e. The van der Waals surface area contributed by atoms with Crippen LogP contribution in [0.2, 0.25) is 0 Å². The first kappa shape index (κ1) is 26.7. The van der Waals surface area contributed by atoms with E-state index in [4.69, 9.17) is 14.2 Å². The van der Waals surface area contributed by atoms with E-state index in [1.165, 1.54) is 0 Å². The summed E-state index contributed by atoms with van der Waals surface area (Å²) in [5, 5.41) is 9.87. The van der Waals surface area contributed by atoms with Crippen molar-refractivity contribution in [2.45, 2.75) is 32.5 Å². The summed E-state index contributed by atoms with van der Waals surface area (Å²) in [6.07, 6.45) is 1.42. The van der Waals surface area contributed by atoms with Gasteiger partial charge in [0.15, 0.2) is 11.5 Å². The third-order valence-corrected chi connectivity index (χ3v) is 6.53. The standard InChI is InChI=1S/C28H36N4O5/c1-19-14-32(20(2)17-33)28(34)23-11-21(7-6-10-30(3)4)13-29-27(23)37-26(19)16-31(5)15-22-8-9-24-25(12-22)36-18-35-24/h8-9,11-13,19-20,26,33H,10,14-18H2,1-5H3/t19-,20-,26+/m0/s1. The molecule has 2 aliphatic heterocycles. The van der Waals surface area contributed by atoms with Gasteiger partial charge >= 0.3 is 0 Å². The molecule has 3 atom stereocenters. The number of ether oxygens (including phenoxy) is 3. The van der Waals surface area contributed by atoms with Crippen LogP contribution in [-0.2, 0) is 6.54 Å². The Morgan fingerprint density at radius 3 is 2.76 bits per heavy atom. The summed E-state index contributed by atoms with van der Waals surface area (Å²) in [6.45, 7) is 6.41. The zero-order valence-electron chi connectivity index (χ0n) is 22.2. The van der Waals surface area contributed by atoms with E-state index in [0.29, 0.717) is 43.2 Å². The minimum absolute atomic E-state index is 0.00617. The molecule has 1 amide bonds. The topological polar surface area (TPSA) is 87.6 Å². The first-order valence-corrected chi connectivity index (χ1v) is 12.5. The maximum atomic E-state index is 13.5. The van der Waals surface area contributed by atoms with Gasteiger partial charge in [0.25, 0.3) is 5.91 Å². The van der Waals surface area contributed by atoms with E-state index in [1.54, 1.807) is 17.2 Å². The number of aliphatic hydroxyl groups excluding tert-OH is 1. The summed E-state index contributed by atoms with van der Waals surface area (Å²) in [7, 11) is 5.93. The normalized spacial score (nSPS) is 19.6. The van der Waals surface area contributed by atoms with Crippen molar-refractivity contribution < 1.29 is 24.1 Å². The number of benzene rings is 1. The molecule has 1 aromatic heterocycles. The van der Waals surface area contributed by atoms with E-state index in [9.17, 15) is 9.90 Å². The predicted molar refractivity (Wildman–Crippen MR) is 140 cm³/mol. The lowest BCUT2D eigenvalue weighted by Gasteiger charge is -2.37.